The summed E-state index contributed by atoms with van der Waals surface area (Å²) in [5, 5.41) is 0. The molecule has 1 heterocycles. The van der Waals surface area contributed by atoms with E-state index >= 15 is 0 Å². The average Bonchev–Trinajstić information content (AvgIpc) is 2.36. The van der Waals surface area contributed by atoms with Crippen molar-refractivity contribution in [3.05, 3.63) is 46.1 Å². The van der Waals surface area contributed by atoms with E-state index in [0.717, 1.165) is 21.3 Å². The summed E-state index contributed by atoms with van der Waals surface area (Å²) in [6, 6.07) is 7.72. The maximum absolute atomic E-state index is 5.87. The van der Waals surface area contributed by atoms with Crippen LogP contribution in [0.2, 0.25) is 0 Å². The van der Waals surface area contributed by atoms with Gasteiger partial charge in [-0.1, -0.05) is 29.8 Å². The quantitative estimate of drug-likeness (QED) is 0.895. The first kappa shape index (κ1) is 13.9. The Kier molecular flexibility index (Phi) is 4.10. The maximum atomic E-state index is 5.87. The highest BCUT2D eigenvalue weighted by Gasteiger charge is 2.10. The first-order chi connectivity index (χ1) is 8.97. The highest BCUT2D eigenvalue weighted by molar-refractivity contribution is 9.10. The SMILES string of the molecule is Cc1cnc(Oc2ccc(Br)cc2C(C)C)cc1N. The number of aryl methyl sites for hydroxylation is 1. The molecule has 19 heavy (non-hydrogen) atoms. The first-order valence-electron chi connectivity index (χ1n) is 6.17. The number of rotatable bonds is 3. The Morgan fingerprint density at radius 3 is 2.63 bits per heavy atom. The molecule has 3 nitrogen and oxygen atoms in total. The van der Waals surface area contributed by atoms with Crippen molar-refractivity contribution in [1.82, 2.24) is 4.98 Å². The van der Waals surface area contributed by atoms with Gasteiger partial charge in [-0.05, 0) is 42.2 Å². The number of nitrogen functional groups attached to an aromatic ring is 1. The number of anilines is 1. The van der Waals surface area contributed by atoms with Gasteiger partial charge in [-0.3, -0.25) is 0 Å². The molecule has 0 fully saturated rings. The molecule has 1 aromatic heterocycles. The van der Waals surface area contributed by atoms with Crippen molar-refractivity contribution in [2.24, 2.45) is 0 Å². The summed E-state index contributed by atoms with van der Waals surface area (Å²) in [5.74, 6) is 1.71. The molecular formula is C15H17BrN2O. The predicted octanol–water partition coefficient (Wildman–Crippen LogP) is 4.65. The lowest BCUT2D eigenvalue weighted by Crippen LogP contribution is -1.97. The second-order valence-electron chi connectivity index (χ2n) is 4.82. The second-order valence-corrected chi connectivity index (χ2v) is 5.73. The minimum absolute atomic E-state index is 0.371. The molecule has 0 saturated heterocycles. The summed E-state index contributed by atoms with van der Waals surface area (Å²) >= 11 is 3.48. The zero-order chi connectivity index (χ0) is 14.0. The smallest absolute Gasteiger partial charge is 0.221 e. The largest absolute Gasteiger partial charge is 0.439 e. The molecule has 0 saturated carbocycles. The molecule has 0 aliphatic rings. The van der Waals surface area contributed by atoms with Gasteiger partial charge in [0.05, 0.1) is 0 Å². The van der Waals surface area contributed by atoms with Gasteiger partial charge in [-0.15, -0.1) is 0 Å². The molecule has 0 spiro atoms. The predicted molar refractivity (Wildman–Crippen MR) is 81.7 cm³/mol. The number of nitrogens with two attached hydrogens (primary N) is 1. The Hall–Kier alpha value is -1.55. The summed E-state index contributed by atoms with van der Waals surface area (Å²) in [5.41, 5.74) is 8.64. The molecule has 0 amide bonds. The lowest BCUT2D eigenvalue weighted by atomic mass is 10.0. The maximum Gasteiger partial charge on any atom is 0.221 e. The molecule has 0 bridgehead atoms. The molecule has 2 aromatic rings. The van der Waals surface area contributed by atoms with E-state index < -0.39 is 0 Å². The number of aromatic nitrogens is 1. The number of pyridine rings is 1. The average molecular weight is 321 g/mol. The summed E-state index contributed by atoms with van der Waals surface area (Å²) in [6.07, 6.45) is 1.72. The van der Waals surface area contributed by atoms with E-state index in [9.17, 15) is 0 Å². The number of ether oxygens (including phenoxy) is 1. The molecule has 4 heteroatoms. The van der Waals surface area contributed by atoms with E-state index in [-0.39, 0.29) is 0 Å². The van der Waals surface area contributed by atoms with Crippen molar-refractivity contribution in [2.75, 3.05) is 5.73 Å². The molecule has 0 aliphatic heterocycles. The van der Waals surface area contributed by atoms with Crippen LogP contribution in [0.3, 0.4) is 0 Å². The van der Waals surface area contributed by atoms with Gasteiger partial charge in [-0.25, -0.2) is 4.98 Å². The normalized spacial score (nSPS) is 10.8. The van der Waals surface area contributed by atoms with Crippen molar-refractivity contribution >= 4 is 21.6 Å². The highest BCUT2D eigenvalue weighted by atomic mass is 79.9. The topological polar surface area (TPSA) is 48.1 Å². The Morgan fingerprint density at radius 2 is 2.00 bits per heavy atom. The van der Waals surface area contributed by atoms with Crippen LogP contribution in [0.15, 0.2) is 34.9 Å². The van der Waals surface area contributed by atoms with Gasteiger partial charge in [0, 0.05) is 22.4 Å². The Balaban J connectivity index is 2.35. The third kappa shape index (κ3) is 3.26. The Labute approximate surface area is 121 Å². The van der Waals surface area contributed by atoms with Crippen LogP contribution >= 0.6 is 15.9 Å². The summed E-state index contributed by atoms with van der Waals surface area (Å²) in [4.78, 5) is 4.24. The van der Waals surface area contributed by atoms with E-state index in [1.165, 1.54) is 0 Å². The number of nitrogens with zero attached hydrogens (tertiary/aromatic N) is 1. The first-order valence-corrected chi connectivity index (χ1v) is 6.96. The molecular weight excluding hydrogens is 304 g/mol. The van der Waals surface area contributed by atoms with Crippen LogP contribution in [0.25, 0.3) is 0 Å². The molecule has 0 aliphatic carbocycles. The van der Waals surface area contributed by atoms with Crippen molar-refractivity contribution in [3.63, 3.8) is 0 Å². The van der Waals surface area contributed by atoms with Crippen LogP contribution in [0.1, 0.15) is 30.9 Å². The monoisotopic (exact) mass is 320 g/mol. The molecule has 0 atom stereocenters. The molecule has 2 N–H and O–H groups in total. The van der Waals surface area contributed by atoms with E-state index in [1.807, 2.05) is 19.1 Å². The van der Waals surface area contributed by atoms with Crippen LogP contribution < -0.4 is 10.5 Å². The summed E-state index contributed by atoms with van der Waals surface area (Å²) < 4.78 is 6.89. The van der Waals surface area contributed by atoms with Gasteiger partial charge in [0.1, 0.15) is 5.75 Å². The van der Waals surface area contributed by atoms with Crippen LogP contribution in [0, 0.1) is 6.92 Å². The fourth-order valence-electron chi connectivity index (χ4n) is 1.75. The standard InChI is InChI=1S/C15H17BrN2O/c1-9(2)12-6-11(16)4-5-14(12)19-15-7-13(17)10(3)8-18-15/h4-9H,1-3H3,(H2,17,18). The van der Waals surface area contributed by atoms with Crippen molar-refractivity contribution in [1.29, 1.82) is 0 Å². The lowest BCUT2D eigenvalue weighted by Gasteiger charge is -2.14. The summed E-state index contributed by atoms with van der Waals surface area (Å²) in [7, 11) is 0. The van der Waals surface area contributed by atoms with Gasteiger partial charge < -0.3 is 10.5 Å². The zero-order valence-corrected chi connectivity index (χ0v) is 12.9. The number of benzene rings is 1. The van der Waals surface area contributed by atoms with Crippen molar-refractivity contribution in [3.8, 4) is 11.6 Å². The van der Waals surface area contributed by atoms with Gasteiger partial charge in [0.15, 0.2) is 0 Å². The molecule has 100 valence electrons. The number of hydrogen-bond acceptors (Lipinski definition) is 3. The molecule has 2 rings (SSSR count). The minimum atomic E-state index is 0.371. The molecule has 1 aromatic carbocycles. The van der Waals surface area contributed by atoms with E-state index in [1.54, 1.807) is 12.3 Å². The van der Waals surface area contributed by atoms with Gasteiger partial charge >= 0.3 is 0 Å². The van der Waals surface area contributed by atoms with E-state index in [4.69, 9.17) is 10.5 Å². The van der Waals surface area contributed by atoms with Gasteiger partial charge in [0.25, 0.3) is 0 Å². The highest BCUT2D eigenvalue weighted by Crippen LogP contribution is 2.32. The van der Waals surface area contributed by atoms with Gasteiger partial charge in [-0.2, -0.15) is 0 Å². The number of hydrogen-bond donors (Lipinski definition) is 1. The molecule has 0 unspecified atom stereocenters. The van der Waals surface area contributed by atoms with E-state index in [0.29, 0.717) is 17.5 Å². The second kappa shape index (κ2) is 5.61. The van der Waals surface area contributed by atoms with E-state index in [2.05, 4.69) is 40.8 Å². The van der Waals surface area contributed by atoms with Crippen LogP contribution in [0.5, 0.6) is 11.6 Å². The fraction of sp³-hybridized carbons (Fsp3) is 0.267. The third-order valence-corrected chi connectivity index (χ3v) is 3.42. The third-order valence-electron chi connectivity index (χ3n) is 2.93. The van der Waals surface area contributed by atoms with Crippen LogP contribution in [-0.4, -0.2) is 4.98 Å². The summed E-state index contributed by atoms with van der Waals surface area (Å²) in [6.45, 7) is 6.18. The van der Waals surface area contributed by atoms with Gasteiger partial charge in [0.2, 0.25) is 5.88 Å². The van der Waals surface area contributed by atoms with Crippen LogP contribution in [-0.2, 0) is 0 Å². The lowest BCUT2D eigenvalue weighted by molar-refractivity contribution is 0.454. The Bertz CT molecular complexity index is 597. The zero-order valence-electron chi connectivity index (χ0n) is 11.3. The van der Waals surface area contributed by atoms with Crippen molar-refractivity contribution in [2.45, 2.75) is 26.7 Å². The number of halogens is 1. The minimum Gasteiger partial charge on any atom is -0.439 e. The van der Waals surface area contributed by atoms with Crippen molar-refractivity contribution < 1.29 is 4.74 Å². The fourth-order valence-corrected chi connectivity index (χ4v) is 2.13. The Morgan fingerprint density at radius 1 is 1.26 bits per heavy atom. The van der Waals surface area contributed by atoms with Crippen LogP contribution in [0.4, 0.5) is 5.69 Å². The molecule has 0 radical (unpaired) electrons.